The third-order valence-corrected chi connectivity index (χ3v) is 4.16. The highest BCUT2D eigenvalue weighted by Crippen LogP contribution is 2.28. The van der Waals surface area contributed by atoms with E-state index >= 15 is 0 Å². The zero-order chi connectivity index (χ0) is 14.7. The number of nitro groups is 1. The normalized spacial score (nSPS) is 22.3. The first kappa shape index (κ1) is 14.9. The maximum Gasteiger partial charge on any atom is 0.271 e. The van der Waals surface area contributed by atoms with E-state index in [1.165, 1.54) is 12.1 Å². The van der Waals surface area contributed by atoms with Crippen LogP contribution in [0.1, 0.15) is 19.8 Å². The highest BCUT2D eigenvalue weighted by Gasteiger charge is 2.27. The molecule has 1 aliphatic rings. The fourth-order valence-electron chi connectivity index (χ4n) is 2.33. The number of nitrogens with zero attached hydrogens (tertiary/aromatic N) is 1. The van der Waals surface area contributed by atoms with Crippen LogP contribution in [0.4, 0.5) is 11.4 Å². The number of amides is 1. The van der Waals surface area contributed by atoms with Crippen LogP contribution in [0.15, 0.2) is 22.7 Å². The number of nitrogens with one attached hydrogen (secondary N) is 2. The average Bonchev–Trinajstić information content (AvgIpc) is 2.41. The molecule has 20 heavy (non-hydrogen) atoms. The van der Waals surface area contributed by atoms with E-state index in [1.54, 1.807) is 6.07 Å². The molecule has 1 aromatic rings. The van der Waals surface area contributed by atoms with E-state index in [4.69, 9.17) is 0 Å². The SMILES string of the molecule is CC1CCCNC1C(=O)Nc1cc([N+](=O)[O-])ccc1Br. The van der Waals surface area contributed by atoms with Crippen molar-refractivity contribution >= 4 is 33.2 Å². The van der Waals surface area contributed by atoms with Crippen LogP contribution in [-0.2, 0) is 4.79 Å². The lowest BCUT2D eigenvalue weighted by Gasteiger charge is -2.29. The Bertz CT molecular complexity index is 536. The molecule has 2 unspecified atom stereocenters. The molecule has 0 aliphatic carbocycles. The van der Waals surface area contributed by atoms with Gasteiger partial charge in [-0.05, 0) is 47.3 Å². The van der Waals surface area contributed by atoms with Crippen molar-refractivity contribution in [2.75, 3.05) is 11.9 Å². The van der Waals surface area contributed by atoms with Crippen molar-refractivity contribution in [2.24, 2.45) is 5.92 Å². The molecule has 1 fully saturated rings. The maximum atomic E-state index is 12.2. The largest absolute Gasteiger partial charge is 0.323 e. The number of hydrogen-bond donors (Lipinski definition) is 2. The summed E-state index contributed by atoms with van der Waals surface area (Å²) in [6, 6.07) is 4.05. The molecule has 0 aromatic heterocycles. The molecule has 1 aromatic carbocycles. The van der Waals surface area contributed by atoms with Gasteiger partial charge in [-0.3, -0.25) is 14.9 Å². The van der Waals surface area contributed by atoms with Crippen LogP contribution in [0, 0.1) is 16.0 Å². The smallest absolute Gasteiger partial charge is 0.271 e. The summed E-state index contributed by atoms with van der Waals surface area (Å²) in [5, 5.41) is 16.7. The molecule has 1 saturated heterocycles. The number of anilines is 1. The van der Waals surface area contributed by atoms with Crippen LogP contribution >= 0.6 is 15.9 Å². The standard InChI is InChI=1S/C13H16BrN3O3/c1-8-3-2-6-15-12(8)13(18)16-11-7-9(17(19)20)4-5-10(11)14/h4-5,7-8,12,15H,2-3,6H2,1H3,(H,16,18). The van der Waals surface area contributed by atoms with Gasteiger partial charge in [0.25, 0.3) is 5.69 Å². The zero-order valence-electron chi connectivity index (χ0n) is 11.1. The van der Waals surface area contributed by atoms with Crippen molar-refractivity contribution in [2.45, 2.75) is 25.8 Å². The van der Waals surface area contributed by atoms with Crippen LogP contribution in [0.5, 0.6) is 0 Å². The van der Waals surface area contributed by atoms with Crippen molar-refractivity contribution < 1.29 is 9.72 Å². The molecule has 0 bridgehead atoms. The third-order valence-electron chi connectivity index (χ3n) is 3.47. The minimum absolute atomic E-state index is 0.0480. The molecule has 7 heteroatoms. The topological polar surface area (TPSA) is 84.3 Å². The Morgan fingerprint density at radius 1 is 1.55 bits per heavy atom. The molecule has 108 valence electrons. The predicted octanol–water partition coefficient (Wildman–Crippen LogP) is 2.68. The van der Waals surface area contributed by atoms with E-state index in [2.05, 4.69) is 26.6 Å². The van der Waals surface area contributed by atoms with Gasteiger partial charge in [0.2, 0.25) is 5.91 Å². The maximum absolute atomic E-state index is 12.2. The number of carbonyl (C=O) groups excluding carboxylic acids is 1. The second-order valence-corrected chi connectivity index (χ2v) is 5.82. The van der Waals surface area contributed by atoms with Gasteiger partial charge in [-0.25, -0.2) is 0 Å². The van der Waals surface area contributed by atoms with Gasteiger partial charge >= 0.3 is 0 Å². The lowest BCUT2D eigenvalue weighted by Crippen LogP contribution is -2.48. The molecule has 6 nitrogen and oxygen atoms in total. The number of non-ortho nitro benzene ring substituents is 1. The lowest BCUT2D eigenvalue weighted by atomic mass is 9.92. The summed E-state index contributed by atoms with van der Waals surface area (Å²) < 4.78 is 0.625. The number of halogens is 1. The van der Waals surface area contributed by atoms with Crippen molar-refractivity contribution in [3.63, 3.8) is 0 Å². The summed E-state index contributed by atoms with van der Waals surface area (Å²) in [5.41, 5.74) is 0.372. The second kappa shape index (κ2) is 6.32. The fraction of sp³-hybridized carbons (Fsp3) is 0.462. The summed E-state index contributed by atoms with van der Waals surface area (Å²) in [5.74, 6) is 0.0969. The van der Waals surface area contributed by atoms with Crippen molar-refractivity contribution in [3.8, 4) is 0 Å². The van der Waals surface area contributed by atoms with Crippen molar-refractivity contribution in [3.05, 3.63) is 32.8 Å². The van der Waals surface area contributed by atoms with Crippen LogP contribution in [-0.4, -0.2) is 23.4 Å². The Hall–Kier alpha value is -1.47. The molecule has 2 N–H and O–H groups in total. The number of rotatable bonds is 3. The van der Waals surface area contributed by atoms with Gasteiger partial charge in [-0.1, -0.05) is 6.92 Å². The highest BCUT2D eigenvalue weighted by atomic mass is 79.9. The third kappa shape index (κ3) is 3.34. The summed E-state index contributed by atoms with van der Waals surface area (Å²) in [7, 11) is 0. The molecular formula is C13H16BrN3O3. The summed E-state index contributed by atoms with van der Waals surface area (Å²) >= 11 is 3.29. The minimum Gasteiger partial charge on any atom is -0.323 e. The number of hydrogen-bond acceptors (Lipinski definition) is 4. The van der Waals surface area contributed by atoms with Crippen LogP contribution in [0.25, 0.3) is 0 Å². The second-order valence-electron chi connectivity index (χ2n) is 4.96. The average molecular weight is 342 g/mol. The highest BCUT2D eigenvalue weighted by molar-refractivity contribution is 9.10. The Balaban J connectivity index is 2.14. The van der Waals surface area contributed by atoms with E-state index in [0.29, 0.717) is 10.2 Å². The first-order valence-corrected chi connectivity index (χ1v) is 7.26. The number of benzene rings is 1. The first-order valence-electron chi connectivity index (χ1n) is 6.47. The molecule has 2 rings (SSSR count). The van der Waals surface area contributed by atoms with Gasteiger partial charge in [0.15, 0.2) is 0 Å². The van der Waals surface area contributed by atoms with Gasteiger partial charge in [-0.15, -0.1) is 0 Å². The summed E-state index contributed by atoms with van der Waals surface area (Å²) in [4.78, 5) is 22.5. The van der Waals surface area contributed by atoms with E-state index < -0.39 is 4.92 Å². The van der Waals surface area contributed by atoms with Gasteiger partial charge in [0.1, 0.15) is 0 Å². The number of carbonyl (C=O) groups is 1. The number of nitro benzene ring substituents is 1. The molecule has 0 radical (unpaired) electrons. The van der Waals surface area contributed by atoms with E-state index in [1.807, 2.05) is 6.92 Å². The van der Waals surface area contributed by atoms with E-state index in [9.17, 15) is 14.9 Å². The Morgan fingerprint density at radius 3 is 2.95 bits per heavy atom. The molecule has 1 amide bonds. The fourth-order valence-corrected chi connectivity index (χ4v) is 2.68. The van der Waals surface area contributed by atoms with Gasteiger partial charge < -0.3 is 10.6 Å². The molecular weight excluding hydrogens is 326 g/mol. The molecule has 1 heterocycles. The van der Waals surface area contributed by atoms with Gasteiger partial charge in [-0.2, -0.15) is 0 Å². The Morgan fingerprint density at radius 2 is 2.30 bits per heavy atom. The zero-order valence-corrected chi connectivity index (χ0v) is 12.6. The van der Waals surface area contributed by atoms with Crippen molar-refractivity contribution in [1.82, 2.24) is 5.32 Å². The molecule has 0 spiro atoms. The van der Waals surface area contributed by atoms with Crippen molar-refractivity contribution in [1.29, 1.82) is 0 Å². The molecule has 1 aliphatic heterocycles. The molecule has 2 atom stereocenters. The minimum atomic E-state index is -0.483. The molecule has 0 saturated carbocycles. The Kier molecular flexibility index (Phi) is 4.72. The lowest BCUT2D eigenvalue weighted by molar-refractivity contribution is -0.384. The van der Waals surface area contributed by atoms with Crippen LogP contribution in [0.3, 0.4) is 0 Å². The van der Waals surface area contributed by atoms with Crippen LogP contribution in [0.2, 0.25) is 0 Å². The summed E-state index contributed by atoms with van der Waals surface area (Å²) in [6.07, 6.45) is 2.06. The Labute approximate surface area is 125 Å². The van der Waals surface area contributed by atoms with Gasteiger partial charge in [0, 0.05) is 16.6 Å². The monoisotopic (exact) mass is 341 g/mol. The first-order chi connectivity index (χ1) is 9.49. The number of piperidine rings is 1. The van der Waals surface area contributed by atoms with E-state index in [-0.39, 0.29) is 23.6 Å². The van der Waals surface area contributed by atoms with Gasteiger partial charge in [0.05, 0.1) is 16.7 Å². The summed E-state index contributed by atoms with van der Waals surface area (Å²) in [6.45, 7) is 2.84. The van der Waals surface area contributed by atoms with Crippen LogP contribution < -0.4 is 10.6 Å². The predicted molar refractivity (Wildman–Crippen MR) is 79.6 cm³/mol. The quantitative estimate of drug-likeness (QED) is 0.653. The van der Waals surface area contributed by atoms with E-state index in [0.717, 1.165) is 19.4 Å².